The molecule has 4 amide bonds. The predicted octanol–water partition coefficient (Wildman–Crippen LogP) is 4.85. The molecule has 4 heterocycles. The molecule has 332 valence electrons. The number of nitrogens with two attached hydrogens (primary N) is 1. The number of fused-ring (bicyclic) bond motifs is 4. The Labute approximate surface area is 349 Å². The van der Waals surface area contributed by atoms with Gasteiger partial charge in [-0.05, 0) is 120 Å². The Balaban J connectivity index is 0.000000232. The first-order chi connectivity index (χ1) is 28.1. The summed E-state index contributed by atoms with van der Waals surface area (Å²) in [6.07, 6.45) is 6.17. The van der Waals surface area contributed by atoms with Crippen LogP contribution in [0.3, 0.4) is 0 Å². The first kappa shape index (κ1) is 47.0. The highest BCUT2D eigenvalue weighted by atomic mass is 32.2. The minimum Gasteiger partial charge on any atom is -0.347 e. The van der Waals surface area contributed by atoms with Gasteiger partial charge in [-0.2, -0.15) is 0 Å². The summed E-state index contributed by atoms with van der Waals surface area (Å²) in [7, 11) is -1.46. The van der Waals surface area contributed by atoms with Gasteiger partial charge >= 0.3 is 0 Å². The molecule has 18 heteroatoms. The van der Waals surface area contributed by atoms with Crippen molar-refractivity contribution in [2.75, 3.05) is 13.1 Å². The zero-order valence-corrected chi connectivity index (χ0v) is 35.4. The quantitative estimate of drug-likeness (QED) is 0.177. The van der Waals surface area contributed by atoms with Crippen LogP contribution < -0.4 is 21.1 Å². The maximum atomic E-state index is 14.4. The number of carbonyl (C=O) groups is 4. The molecule has 4 saturated heterocycles. The van der Waals surface area contributed by atoms with Crippen molar-refractivity contribution in [3.8, 4) is 0 Å². The summed E-state index contributed by atoms with van der Waals surface area (Å²) >= 11 is 0. The van der Waals surface area contributed by atoms with Crippen molar-refractivity contribution in [3.05, 3.63) is 70.3 Å². The van der Waals surface area contributed by atoms with Gasteiger partial charge in [0.25, 0.3) is 0 Å². The third-order valence-corrected chi connectivity index (χ3v) is 13.8. The average Bonchev–Trinajstić information content (AvgIpc) is 3.59. The summed E-state index contributed by atoms with van der Waals surface area (Å²) < 4.78 is 97.4. The second-order valence-electron chi connectivity index (χ2n) is 17.5. The summed E-state index contributed by atoms with van der Waals surface area (Å²) in [5.41, 5.74) is 6.36. The largest absolute Gasteiger partial charge is 0.347 e. The molecule has 60 heavy (non-hydrogen) atoms. The number of nitrogens with zero attached hydrogens (tertiary/aromatic N) is 2. The zero-order valence-electron chi connectivity index (χ0n) is 34.6. The van der Waals surface area contributed by atoms with Gasteiger partial charge in [0.15, 0.2) is 23.3 Å². The first-order valence-corrected chi connectivity index (χ1v) is 21.6. The minimum absolute atomic E-state index is 0.0148. The molecule has 4 fully saturated rings. The van der Waals surface area contributed by atoms with E-state index in [0.29, 0.717) is 37.8 Å². The van der Waals surface area contributed by atoms with E-state index in [-0.39, 0.29) is 96.7 Å². The lowest BCUT2D eigenvalue weighted by Crippen LogP contribution is -2.54. The number of hydrogen-bond donors (Lipinski definition) is 4. The van der Waals surface area contributed by atoms with E-state index in [1.54, 1.807) is 0 Å². The number of carbonyl (C=O) groups excluding carboxylic acids is 4. The Hall–Kier alpha value is -4.03. The monoisotopic (exact) mass is 870 g/mol. The molecule has 0 radical (unpaired) electrons. The van der Waals surface area contributed by atoms with Crippen molar-refractivity contribution < 1.29 is 49.7 Å². The summed E-state index contributed by atoms with van der Waals surface area (Å²) in [5, 5.41) is 5.08. The van der Waals surface area contributed by atoms with Crippen LogP contribution in [0.2, 0.25) is 0 Å². The molecule has 11 nitrogen and oxygen atoms in total. The molecule has 0 aliphatic carbocycles. The van der Waals surface area contributed by atoms with Crippen LogP contribution in [-0.4, -0.2) is 91.7 Å². The number of hydrogen-bond acceptors (Lipinski definition) is 6. The zero-order chi connectivity index (χ0) is 44.2. The second kappa shape index (κ2) is 19.8. The van der Waals surface area contributed by atoms with E-state index in [2.05, 4.69) is 15.4 Å². The van der Waals surface area contributed by atoms with E-state index in [0.717, 1.165) is 37.8 Å². The lowest BCUT2D eigenvalue weighted by molar-refractivity contribution is -0.137. The van der Waals surface area contributed by atoms with Crippen molar-refractivity contribution in [2.24, 2.45) is 17.6 Å². The van der Waals surface area contributed by atoms with Crippen LogP contribution in [0, 0.1) is 46.7 Å². The third-order valence-electron chi connectivity index (χ3n) is 12.2. The highest BCUT2D eigenvalue weighted by molar-refractivity contribution is 7.84. The number of halogens is 6. The van der Waals surface area contributed by atoms with Gasteiger partial charge in [0.05, 0.1) is 28.8 Å². The van der Waals surface area contributed by atoms with Gasteiger partial charge in [0.2, 0.25) is 23.6 Å². The van der Waals surface area contributed by atoms with E-state index in [1.165, 1.54) is 13.8 Å². The van der Waals surface area contributed by atoms with E-state index < -0.39 is 62.7 Å². The lowest BCUT2D eigenvalue weighted by atomic mass is 9.82. The van der Waals surface area contributed by atoms with Crippen molar-refractivity contribution in [1.29, 1.82) is 0 Å². The van der Waals surface area contributed by atoms with Crippen LogP contribution in [0.1, 0.15) is 97.1 Å². The van der Waals surface area contributed by atoms with E-state index in [1.807, 2.05) is 30.6 Å². The van der Waals surface area contributed by atoms with Gasteiger partial charge in [-0.1, -0.05) is 0 Å². The Kier molecular flexibility index (Phi) is 15.5. The average molecular weight is 871 g/mol. The maximum absolute atomic E-state index is 14.4. The molecule has 4 bridgehead atoms. The van der Waals surface area contributed by atoms with Gasteiger partial charge in [-0.15, -0.1) is 0 Å². The lowest BCUT2D eigenvalue weighted by Gasteiger charge is -2.42. The summed E-state index contributed by atoms with van der Waals surface area (Å²) in [4.78, 5) is 51.0. The van der Waals surface area contributed by atoms with Crippen LogP contribution in [0.4, 0.5) is 26.3 Å². The second-order valence-corrected chi connectivity index (χ2v) is 19.5. The molecule has 2 aromatic carbocycles. The summed E-state index contributed by atoms with van der Waals surface area (Å²) in [5.74, 6) is -7.03. The highest BCUT2D eigenvalue weighted by Crippen LogP contribution is 2.42. The van der Waals surface area contributed by atoms with Crippen LogP contribution in [-0.2, 0) is 43.0 Å². The SMILES string of the molecule is CC(=O)NCC(=O)N1[C@@H]2CC[C@H]1CC([C@@H](N)Cc1cc(F)c(F)cc1F)C2.CC(=O)NCC(=O)N1[C@@H]2CC[C@H]1CC([C@H](Cc1cc(F)c(F)cc1F)N[S@@](=O)C(C)(C)C)C2. The number of rotatable bonds is 12. The molecule has 0 saturated carbocycles. The molecule has 9 atom stereocenters. The van der Waals surface area contributed by atoms with Crippen molar-refractivity contribution in [1.82, 2.24) is 25.2 Å². The third kappa shape index (κ3) is 11.7. The Morgan fingerprint density at radius 2 is 1.02 bits per heavy atom. The predicted molar refractivity (Wildman–Crippen MR) is 213 cm³/mol. The van der Waals surface area contributed by atoms with Crippen LogP contribution >= 0.6 is 0 Å². The van der Waals surface area contributed by atoms with Crippen LogP contribution in [0.15, 0.2) is 24.3 Å². The van der Waals surface area contributed by atoms with Crippen molar-refractivity contribution >= 4 is 34.6 Å². The number of nitrogens with one attached hydrogen (secondary N) is 3. The van der Waals surface area contributed by atoms with E-state index in [9.17, 15) is 49.7 Å². The fourth-order valence-electron chi connectivity index (χ4n) is 9.23. The molecular weight excluding hydrogens is 815 g/mol. The number of benzene rings is 2. The molecule has 4 aliphatic heterocycles. The molecule has 5 N–H and O–H groups in total. The minimum atomic E-state index is -1.46. The summed E-state index contributed by atoms with van der Waals surface area (Å²) in [6, 6.07) is 2.01. The maximum Gasteiger partial charge on any atom is 0.242 e. The molecule has 0 aromatic heterocycles. The van der Waals surface area contributed by atoms with E-state index >= 15 is 0 Å². The number of piperidine rings is 2. The first-order valence-electron chi connectivity index (χ1n) is 20.4. The van der Waals surface area contributed by atoms with Gasteiger partial charge < -0.3 is 26.2 Å². The highest BCUT2D eigenvalue weighted by Gasteiger charge is 2.46. The standard InChI is InChI=1S/C23H32F3N3O3S.C19H24F3N3O2/c1-13(30)27-12-22(31)29-16-5-6-17(29)8-15(7-16)21(28-33(32)23(2,3)4)10-14-9-19(25)20(26)11-18(14)24;1-10(26)24-9-19(27)25-13-2-3-14(25)5-12(4-13)18(23)7-11-6-16(21)17(22)8-15(11)20/h9,11,15-17,21,28H,5-8,10,12H2,1-4H3,(H,27,30);6,8,12-14,18H,2-5,7,9,23H2,1H3,(H,24,26)/t15?,16-,17+,21-,33-;12?,13-,14+,18-/m00/s1. The van der Waals surface area contributed by atoms with Crippen LogP contribution in [0.5, 0.6) is 0 Å². The normalized spacial score (nSPS) is 24.9. The molecule has 6 rings (SSSR count). The van der Waals surface area contributed by atoms with Gasteiger partial charge in [0.1, 0.15) is 11.6 Å². The van der Waals surface area contributed by atoms with E-state index in [4.69, 9.17) is 5.73 Å². The van der Waals surface area contributed by atoms with Crippen molar-refractivity contribution in [3.63, 3.8) is 0 Å². The molecule has 2 unspecified atom stereocenters. The van der Waals surface area contributed by atoms with Gasteiger partial charge in [-0.3, -0.25) is 19.2 Å². The van der Waals surface area contributed by atoms with Gasteiger partial charge in [0, 0.05) is 62.2 Å². The van der Waals surface area contributed by atoms with Crippen molar-refractivity contribution in [2.45, 2.75) is 140 Å². The summed E-state index contributed by atoms with van der Waals surface area (Å²) in [6.45, 7) is 8.11. The molecule has 4 aliphatic rings. The molecular formula is C42H56F6N6O5S. The smallest absolute Gasteiger partial charge is 0.242 e. The fourth-order valence-corrected chi connectivity index (χ4v) is 10.1. The number of amides is 4. The molecule has 2 aromatic rings. The Bertz CT molecular complexity index is 1920. The molecule has 0 spiro atoms. The fraction of sp³-hybridized carbons (Fsp3) is 0.619. The topological polar surface area (TPSA) is 154 Å². The Morgan fingerprint density at radius 1 is 0.650 bits per heavy atom. The Morgan fingerprint density at radius 3 is 1.40 bits per heavy atom. The van der Waals surface area contributed by atoms with Gasteiger partial charge in [-0.25, -0.2) is 35.3 Å². The van der Waals surface area contributed by atoms with Crippen LogP contribution in [0.25, 0.3) is 0 Å².